The van der Waals surface area contributed by atoms with Gasteiger partial charge in [-0.25, -0.2) is 9.97 Å². The van der Waals surface area contributed by atoms with E-state index < -0.39 is 11.7 Å². The Bertz CT molecular complexity index is 945. The van der Waals surface area contributed by atoms with Gasteiger partial charge in [-0.2, -0.15) is 13.2 Å². The smallest absolute Gasteiger partial charge is 0.318 e. The van der Waals surface area contributed by atoms with Crippen LogP contribution in [0.2, 0.25) is 5.02 Å². The summed E-state index contributed by atoms with van der Waals surface area (Å²) in [6.45, 7) is 7.03. The Balaban J connectivity index is 2.02. The van der Waals surface area contributed by atoms with Crippen molar-refractivity contribution in [3.05, 3.63) is 47.1 Å². The summed E-state index contributed by atoms with van der Waals surface area (Å²) in [6.07, 6.45) is -3.68. The molecule has 0 aliphatic carbocycles. The molecule has 0 radical (unpaired) electrons. The zero-order chi connectivity index (χ0) is 19.1. The van der Waals surface area contributed by atoms with Gasteiger partial charge >= 0.3 is 6.18 Å². The third kappa shape index (κ3) is 4.15. The van der Waals surface area contributed by atoms with Gasteiger partial charge in [0.15, 0.2) is 5.16 Å². The number of halogens is 4. The predicted molar refractivity (Wildman–Crippen MR) is 97.6 cm³/mol. The highest BCUT2D eigenvalue weighted by atomic mass is 35.5. The Morgan fingerprint density at radius 3 is 2.46 bits per heavy atom. The summed E-state index contributed by atoms with van der Waals surface area (Å²) in [6, 6.07) is 8.60. The van der Waals surface area contributed by atoms with Crippen LogP contribution in [0.25, 0.3) is 11.0 Å². The number of para-hydroxylation sites is 2. The van der Waals surface area contributed by atoms with E-state index in [0.29, 0.717) is 16.7 Å². The maximum absolute atomic E-state index is 12.8. The van der Waals surface area contributed by atoms with Crippen LogP contribution in [0, 0.1) is 5.41 Å². The summed E-state index contributed by atoms with van der Waals surface area (Å²) < 4.78 is 40.4. The zero-order valence-corrected chi connectivity index (χ0v) is 16.0. The molecule has 0 N–H and O–H groups in total. The molecule has 0 amide bonds. The van der Waals surface area contributed by atoms with E-state index in [2.05, 4.69) is 35.3 Å². The minimum Gasteiger partial charge on any atom is -0.318 e. The van der Waals surface area contributed by atoms with E-state index in [1.807, 2.05) is 24.3 Å². The lowest BCUT2D eigenvalue weighted by atomic mass is 9.97. The average molecular weight is 400 g/mol. The van der Waals surface area contributed by atoms with Crippen molar-refractivity contribution in [2.45, 2.75) is 43.7 Å². The molecule has 0 fully saturated rings. The van der Waals surface area contributed by atoms with Crippen LogP contribution in [0.1, 0.15) is 26.3 Å². The van der Waals surface area contributed by atoms with Crippen molar-refractivity contribution in [1.82, 2.24) is 14.5 Å². The van der Waals surface area contributed by atoms with Gasteiger partial charge in [0, 0.05) is 12.7 Å². The van der Waals surface area contributed by atoms with Gasteiger partial charge in [-0.15, -0.1) is 0 Å². The molecule has 0 spiro atoms. The second kappa shape index (κ2) is 6.78. The number of benzene rings is 1. The standard InChI is InChI=1S/C18H17ClF3N3S/c1-17(2,3)10-25-14-7-5-4-6-13(14)24-16(25)26-15-12(19)8-11(9-23-15)18(20,21)22/h4-9H,10H2,1-3H3. The largest absolute Gasteiger partial charge is 0.417 e. The molecular weight excluding hydrogens is 383 g/mol. The van der Waals surface area contributed by atoms with Crippen molar-refractivity contribution in [2.75, 3.05) is 0 Å². The summed E-state index contributed by atoms with van der Waals surface area (Å²) in [7, 11) is 0. The van der Waals surface area contributed by atoms with Crippen LogP contribution in [0.3, 0.4) is 0 Å². The van der Waals surface area contributed by atoms with Gasteiger partial charge in [0.05, 0.1) is 21.6 Å². The zero-order valence-electron chi connectivity index (χ0n) is 14.4. The molecule has 0 aliphatic rings. The highest BCUT2D eigenvalue weighted by Crippen LogP contribution is 2.37. The lowest BCUT2D eigenvalue weighted by Gasteiger charge is -2.21. The van der Waals surface area contributed by atoms with Crippen LogP contribution >= 0.6 is 23.4 Å². The number of alkyl halides is 3. The minimum absolute atomic E-state index is 0.00382. The molecule has 2 aromatic heterocycles. The number of pyridine rings is 1. The molecule has 0 saturated carbocycles. The Morgan fingerprint density at radius 1 is 1.15 bits per heavy atom. The molecule has 8 heteroatoms. The molecule has 138 valence electrons. The summed E-state index contributed by atoms with van der Waals surface area (Å²) in [5.74, 6) is 0. The maximum Gasteiger partial charge on any atom is 0.417 e. The Hall–Kier alpha value is -1.73. The molecule has 3 nitrogen and oxygen atoms in total. The predicted octanol–water partition coefficient (Wildman–Crippen LogP) is 6.30. The summed E-state index contributed by atoms with van der Waals surface area (Å²) in [5.41, 5.74) is 0.918. The van der Waals surface area contributed by atoms with E-state index in [4.69, 9.17) is 11.6 Å². The number of hydrogen-bond acceptors (Lipinski definition) is 3. The summed E-state index contributed by atoms with van der Waals surface area (Å²) >= 11 is 7.22. The third-order valence-corrected chi connectivity index (χ3v) is 4.99. The van der Waals surface area contributed by atoms with E-state index in [9.17, 15) is 13.2 Å². The molecule has 1 aromatic carbocycles. The fraction of sp³-hybridized carbons (Fsp3) is 0.333. The second-order valence-corrected chi connectivity index (χ2v) is 8.50. The first-order valence-electron chi connectivity index (χ1n) is 7.90. The van der Waals surface area contributed by atoms with Crippen molar-refractivity contribution in [1.29, 1.82) is 0 Å². The molecule has 2 heterocycles. The molecule has 0 bridgehead atoms. The fourth-order valence-corrected chi connectivity index (χ4v) is 3.63. The average Bonchev–Trinajstić information content (AvgIpc) is 2.84. The van der Waals surface area contributed by atoms with Crippen LogP contribution in [0.4, 0.5) is 13.2 Å². The third-order valence-electron chi connectivity index (χ3n) is 3.57. The van der Waals surface area contributed by atoms with Crippen LogP contribution in [-0.4, -0.2) is 14.5 Å². The van der Waals surface area contributed by atoms with Gasteiger partial charge in [-0.1, -0.05) is 44.5 Å². The SMILES string of the molecule is CC(C)(C)Cn1c(Sc2ncc(C(F)(F)F)cc2Cl)nc2ccccc21. The van der Waals surface area contributed by atoms with E-state index in [1.165, 1.54) is 11.8 Å². The van der Waals surface area contributed by atoms with Crippen molar-refractivity contribution in [3.8, 4) is 0 Å². The van der Waals surface area contributed by atoms with Crippen molar-refractivity contribution >= 4 is 34.4 Å². The van der Waals surface area contributed by atoms with E-state index in [-0.39, 0.29) is 10.4 Å². The number of hydrogen-bond donors (Lipinski definition) is 0. The topological polar surface area (TPSA) is 30.7 Å². The first kappa shape index (κ1) is 19.0. The Labute approximate surface area is 158 Å². The lowest BCUT2D eigenvalue weighted by Crippen LogP contribution is -2.16. The van der Waals surface area contributed by atoms with Crippen molar-refractivity contribution in [2.24, 2.45) is 5.41 Å². The van der Waals surface area contributed by atoms with E-state index in [1.54, 1.807) is 0 Å². The molecule has 0 aliphatic heterocycles. The van der Waals surface area contributed by atoms with Crippen LogP contribution in [0.5, 0.6) is 0 Å². The van der Waals surface area contributed by atoms with Gasteiger partial charge < -0.3 is 4.57 Å². The number of nitrogens with zero attached hydrogens (tertiary/aromatic N) is 3. The normalized spacial score (nSPS) is 12.7. The van der Waals surface area contributed by atoms with Gasteiger partial charge in [0.1, 0.15) is 5.03 Å². The van der Waals surface area contributed by atoms with E-state index in [0.717, 1.165) is 23.3 Å². The number of aromatic nitrogens is 3. The second-order valence-electron chi connectivity index (χ2n) is 7.14. The molecule has 0 saturated heterocycles. The molecule has 0 unspecified atom stereocenters. The molecule has 3 aromatic rings. The van der Waals surface area contributed by atoms with Crippen LogP contribution in [0.15, 0.2) is 46.7 Å². The summed E-state index contributed by atoms with van der Waals surface area (Å²) in [5, 5.41) is 0.902. The number of imidazole rings is 1. The molecule has 3 rings (SSSR count). The highest BCUT2D eigenvalue weighted by Gasteiger charge is 2.32. The minimum atomic E-state index is -4.47. The Morgan fingerprint density at radius 2 is 1.85 bits per heavy atom. The fourth-order valence-electron chi connectivity index (χ4n) is 2.50. The number of fused-ring (bicyclic) bond motifs is 1. The van der Waals surface area contributed by atoms with Gasteiger partial charge in [-0.05, 0) is 35.4 Å². The van der Waals surface area contributed by atoms with E-state index >= 15 is 0 Å². The number of rotatable bonds is 3. The molecule has 0 atom stereocenters. The van der Waals surface area contributed by atoms with Crippen LogP contribution < -0.4 is 0 Å². The lowest BCUT2D eigenvalue weighted by molar-refractivity contribution is -0.137. The maximum atomic E-state index is 12.8. The first-order chi connectivity index (χ1) is 12.0. The monoisotopic (exact) mass is 399 g/mol. The quantitative estimate of drug-likeness (QED) is 0.517. The highest BCUT2D eigenvalue weighted by molar-refractivity contribution is 7.99. The Kier molecular flexibility index (Phi) is 4.96. The van der Waals surface area contributed by atoms with Gasteiger partial charge in [0.2, 0.25) is 0 Å². The molecule has 26 heavy (non-hydrogen) atoms. The summed E-state index contributed by atoms with van der Waals surface area (Å²) in [4.78, 5) is 8.51. The van der Waals surface area contributed by atoms with Gasteiger partial charge in [0.25, 0.3) is 0 Å². The van der Waals surface area contributed by atoms with Gasteiger partial charge in [-0.3, -0.25) is 0 Å². The molecular formula is C18H17ClF3N3S. The van der Waals surface area contributed by atoms with Crippen molar-refractivity contribution < 1.29 is 13.2 Å². The van der Waals surface area contributed by atoms with Crippen LogP contribution in [-0.2, 0) is 12.7 Å². The first-order valence-corrected chi connectivity index (χ1v) is 9.10. The van der Waals surface area contributed by atoms with Crippen molar-refractivity contribution in [3.63, 3.8) is 0 Å².